The quantitative estimate of drug-likeness (QED) is 0.830. The van der Waals surface area contributed by atoms with E-state index in [1.165, 1.54) is 10.6 Å². The van der Waals surface area contributed by atoms with E-state index in [0.29, 0.717) is 19.6 Å². The van der Waals surface area contributed by atoms with Crippen LogP contribution in [0.5, 0.6) is 0 Å². The molecule has 0 radical (unpaired) electrons. The van der Waals surface area contributed by atoms with Crippen molar-refractivity contribution in [3.05, 3.63) is 32.1 Å². The number of nitrogens with one attached hydrogen (secondary N) is 1. The molecule has 1 amide bonds. The maximum atomic E-state index is 12.2. The summed E-state index contributed by atoms with van der Waals surface area (Å²) in [5.74, 6) is 0.0809. The summed E-state index contributed by atoms with van der Waals surface area (Å²) in [5, 5.41) is 0.105. The first-order valence-electron chi connectivity index (χ1n) is 7.63. The zero-order valence-electron chi connectivity index (χ0n) is 13.6. The number of hydrogen-bond acceptors (Lipinski definition) is 4. The van der Waals surface area contributed by atoms with Crippen molar-refractivity contribution in [3.63, 3.8) is 0 Å². The summed E-state index contributed by atoms with van der Waals surface area (Å²) >= 11 is 5.98. The summed E-state index contributed by atoms with van der Waals surface area (Å²) < 4.78 is 6.71. The lowest BCUT2D eigenvalue weighted by atomic mass is 9.98. The van der Waals surface area contributed by atoms with Gasteiger partial charge in [0, 0.05) is 25.7 Å². The number of amides is 1. The second kappa shape index (κ2) is 6.78. The average molecular weight is 344 g/mol. The van der Waals surface area contributed by atoms with Crippen molar-refractivity contribution in [1.82, 2.24) is 14.5 Å². The number of H-pyrrole nitrogens is 1. The fraction of sp³-hybridized carbons (Fsp3) is 0.667. The Labute approximate surface area is 139 Å². The molecule has 0 unspecified atom stereocenters. The fourth-order valence-electron chi connectivity index (χ4n) is 2.63. The van der Waals surface area contributed by atoms with E-state index in [-0.39, 0.29) is 17.2 Å². The van der Waals surface area contributed by atoms with Gasteiger partial charge in [-0.2, -0.15) is 0 Å². The van der Waals surface area contributed by atoms with Crippen molar-refractivity contribution >= 4 is 17.7 Å². The topological polar surface area (TPSA) is 84.4 Å². The Morgan fingerprint density at radius 3 is 2.74 bits per heavy atom. The zero-order chi connectivity index (χ0) is 17.2. The molecule has 1 aliphatic heterocycles. The average Bonchev–Trinajstić information content (AvgIpc) is 2.41. The summed E-state index contributed by atoms with van der Waals surface area (Å²) in [4.78, 5) is 39.1. The van der Waals surface area contributed by atoms with Crippen LogP contribution in [0.3, 0.4) is 0 Å². The molecule has 1 fully saturated rings. The lowest BCUT2D eigenvalue weighted by Gasteiger charge is -2.34. The Morgan fingerprint density at radius 1 is 1.43 bits per heavy atom. The normalized spacial score (nSPS) is 18.8. The van der Waals surface area contributed by atoms with Gasteiger partial charge in [0.1, 0.15) is 10.8 Å². The minimum atomic E-state index is -0.539. The second-order valence-corrected chi connectivity index (χ2v) is 7.19. The van der Waals surface area contributed by atoms with E-state index in [0.717, 1.165) is 12.8 Å². The van der Waals surface area contributed by atoms with Crippen LogP contribution in [-0.4, -0.2) is 39.2 Å². The van der Waals surface area contributed by atoms with Crippen LogP contribution in [0.2, 0.25) is 5.15 Å². The molecule has 2 heterocycles. The Balaban J connectivity index is 2.06. The molecule has 1 atom stereocenters. The van der Waals surface area contributed by atoms with Crippen LogP contribution < -0.4 is 11.2 Å². The van der Waals surface area contributed by atoms with Gasteiger partial charge < -0.3 is 9.64 Å². The highest BCUT2D eigenvalue weighted by molar-refractivity contribution is 6.29. The van der Waals surface area contributed by atoms with E-state index in [1.807, 2.05) is 20.8 Å². The number of nitrogens with zero attached hydrogens (tertiary/aromatic N) is 2. The third-order valence-electron chi connectivity index (χ3n) is 3.59. The first kappa shape index (κ1) is 17.6. The van der Waals surface area contributed by atoms with Crippen LogP contribution in [0.4, 0.5) is 4.79 Å². The number of aromatic amines is 1. The Bertz CT molecular complexity index is 689. The molecule has 23 heavy (non-hydrogen) atoms. The number of halogens is 1. The van der Waals surface area contributed by atoms with Crippen LogP contribution in [0.25, 0.3) is 0 Å². The molecule has 1 aromatic heterocycles. The number of rotatable bonds is 2. The van der Waals surface area contributed by atoms with E-state index in [2.05, 4.69) is 4.98 Å². The van der Waals surface area contributed by atoms with Crippen LogP contribution >= 0.6 is 11.6 Å². The van der Waals surface area contributed by atoms with Gasteiger partial charge in [0.25, 0.3) is 5.56 Å². The van der Waals surface area contributed by atoms with Crippen LogP contribution in [0, 0.1) is 5.92 Å². The number of likely N-dealkylation sites (tertiary alicyclic amines) is 1. The highest BCUT2D eigenvalue weighted by Gasteiger charge is 2.28. The molecular formula is C15H22ClN3O4. The Morgan fingerprint density at radius 2 is 2.13 bits per heavy atom. The lowest BCUT2D eigenvalue weighted by Crippen LogP contribution is -2.44. The third-order valence-corrected chi connectivity index (χ3v) is 3.91. The third kappa shape index (κ3) is 4.86. The number of ether oxygens (including phenoxy) is 1. The van der Waals surface area contributed by atoms with E-state index in [4.69, 9.17) is 16.3 Å². The highest BCUT2D eigenvalue weighted by Crippen LogP contribution is 2.21. The first-order valence-corrected chi connectivity index (χ1v) is 8.01. The van der Waals surface area contributed by atoms with E-state index >= 15 is 0 Å². The van der Waals surface area contributed by atoms with Gasteiger partial charge in [-0.25, -0.2) is 9.59 Å². The van der Waals surface area contributed by atoms with Crippen molar-refractivity contribution in [3.8, 4) is 0 Å². The predicted octanol–water partition coefficient (Wildman–Crippen LogP) is 1.84. The zero-order valence-corrected chi connectivity index (χ0v) is 14.4. The molecule has 0 aliphatic carbocycles. The molecule has 8 heteroatoms. The van der Waals surface area contributed by atoms with Crippen molar-refractivity contribution in [2.75, 3.05) is 13.1 Å². The second-order valence-electron chi connectivity index (χ2n) is 6.81. The van der Waals surface area contributed by atoms with Crippen LogP contribution in [0.1, 0.15) is 33.6 Å². The van der Waals surface area contributed by atoms with Gasteiger partial charge >= 0.3 is 11.8 Å². The van der Waals surface area contributed by atoms with Crippen LogP contribution in [-0.2, 0) is 11.3 Å². The number of aromatic nitrogens is 2. The van der Waals surface area contributed by atoms with Gasteiger partial charge in [-0.15, -0.1) is 0 Å². The summed E-state index contributed by atoms with van der Waals surface area (Å²) in [6, 6.07) is 1.18. The minimum Gasteiger partial charge on any atom is -0.444 e. The van der Waals surface area contributed by atoms with Gasteiger partial charge in [-0.3, -0.25) is 14.3 Å². The molecule has 1 N–H and O–H groups in total. The monoisotopic (exact) mass is 343 g/mol. The van der Waals surface area contributed by atoms with Crippen molar-refractivity contribution in [2.24, 2.45) is 5.92 Å². The summed E-state index contributed by atoms with van der Waals surface area (Å²) in [6.45, 7) is 6.97. The number of carbonyl (C=O) groups is 1. The van der Waals surface area contributed by atoms with Gasteiger partial charge in [0.05, 0.1) is 0 Å². The minimum absolute atomic E-state index is 0.0809. The van der Waals surface area contributed by atoms with E-state index in [1.54, 1.807) is 4.90 Å². The molecule has 1 saturated heterocycles. The Kier molecular flexibility index (Phi) is 5.19. The summed E-state index contributed by atoms with van der Waals surface area (Å²) in [6.07, 6.45) is 1.36. The van der Waals surface area contributed by atoms with E-state index in [9.17, 15) is 14.4 Å². The first-order chi connectivity index (χ1) is 10.7. The van der Waals surface area contributed by atoms with Crippen molar-refractivity contribution in [1.29, 1.82) is 0 Å². The van der Waals surface area contributed by atoms with Gasteiger partial charge in [-0.05, 0) is 39.5 Å². The molecule has 1 aromatic rings. The van der Waals surface area contributed by atoms with Gasteiger partial charge in [0.2, 0.25) is 0 Å². The van der Waals surface area contributed by atoms with Gasteiger partial charge in [0.15, 0.2) is 0 Å². The van der Waals surface area contributed by atoms with Gasteiger partial charge in [-0.1, -0.05) is 11.6 Å². The van der Waals surface area contributed by atoms with Crippen LogP contribution in [0.15, 0.2) is 15.7 Å². The maximum absolute atomic E-state index is 12.2. The largest absolute Gasteiger partial charge is 0.444 e. The molecule has 128 valence electrons. The standard InChI is InChI=1S/C15H22ClN3O4/c1-15(2,3)23-14(22)18-6-4-5-10(8-18)9-19-11(16)7-12(20)17-13(19)21/h7,10H,4-6,8-9H2,1-3H3,(H,17,20,21)/t10-/m0/s1. The predicted molar refractivity (Wildman–Crippen MR) is 86.9 cm³/mol. The molecule has 0 spiro atoms. The Hall–Kier alpha value is -1.76. The molecule has 7 nitrogen and oxygen atoms in total. The van der Waals surface area contributed by atoms with Crippen molar-refractivity contribution in [2.45, 2.75) is 45.8 Å². The van der Waals surface area contributed by atoms with E-state index < -0.39 is 16.9 Å². The lowest BCUT2D eigenvalue weighted by molar-refractivity contribution is 0.0156. The molecule has 1 aliphatic rings. The number of hydrogen-bond donors (Lipinski definition) is 1. The molecular weight excluding hydrogens is 322 g/mol. The highest BCUT2D eigenvalue weighted by atomic mass is 35.5. The summed E-state index contributed by atoms with van der Waals surface area (Å²) in [5.41, 5.74) is -1.59. The smallest absolute Gasteiger partial charge is 0.410 e. The number of carbonyl (C=O) groups excluding carboxylic acids is 1. The molecule has 2 rings (SSSR count). The fourth-order valence-corrected chi connectivity index (χ4v) is 2.87. The molecule has 0 bridgehead atoms. The summed E-state index contributed by atoms with van der Waals surface area (Å²) in [7, 11) is 0. The maximum Gasteiger partial charge on any atom is 0.410 e. The molecule has 0 aromatic carbocycles. The SMILES string of the molecule is CC(C)(C)OC(=O)N1CCC[C@H](Cn2c(Cl)cc(=O)[nH]c2=O)C1. The molecule has 0 saturated carbocycles. The number of piperidine rings is 1. The van der Waals surface area contributed by atoms with Crippen molar-refractivity contribution < 1.29 is 9.53 Å².